The maximum atomic E-state index is 12.3. The Bertz CT molecular complexity index is 1240. The first kappa shape index (κ1) is 19.8. The summed E-state index contributed by atoms with van der Waals surface area (Å²) in [4.78, 5) is 16.9. The average Bonchev–Trinajstić information content (AvgIpc) is 3.11. The predicted octanol–water partition coefficient (Wildman–Crippen LogP) is 5.55. The number of hydrogen-bond donors (Lipinski definition) is 2. The lowest BCUT2D eigenvalue weighted by atomic mass is 10.1. The van der Waals surface area contributed by atoms with E-state index >= 15 is 0 Å². The van der Waals surface area contributed by atoms with Crippen LogP contribution >= 0.6 is 12.2 Å². The minimum Gasteiger partial charge on any atom is -0.436 e. The molecule has 0 fully saturated rings. The summed E-state index contributed by atoms with van der Waals surface area (Å²) < 4.78 is 5.91. The molecule has 1 amide bonds. The van der Waals surface area contributed by atoms with Crippen molar-refractivity contribution in [3.05, 3.63) is 82.9 Å². The number of hydrogen-bond acceptors (Lipinski definition) is 4. The molecule has 0 bridgehead atoms. The zero-order valence-electron chi connectivity index (χ0n) is 16.9. The lowest BCUT2D eigenvalue weighted by Crippen LogP contribution is -2.34. The molecule has 2 N–H and O–H groups in total. The quantitative estimate of drug-likeness (QED) is 0.430. The highest BCUT2D eigenvalue weighted by Crippen LogP contribution is 2.27. The summed E-state index contributed by atoms with van der Waals surface area (Å²) in [5.41, 5.74) is 7.01. The van der Waals surface area contributed by atoms with Gasteiger partial charge < -0.3 is 9.73 Å². The van der Waals surface area contributed by atoms with Gasteiger partial charge in [0.2, 0.25) is 5.89 Å². The van der Waals surface area contributed by atoms with Crippen LogP contribution in [0, 0.1) is 20.8 Å². The normalized spacial score (nSPS) is 10.8. The van der Waals surface area contributed by atoms with Gasteiger partial charge in [0.1, 0.15) is 5.52 Å². The van der Waals surface area contributed by atoms with Gasteiger partial charge in [-0.1, -0.05) is 34.9 Å². The van der Waals surface area contributed by atoms with Crippen LogP contribution in [0.25, 0.3) is 22.6 Å². The Balaban J connectivity index is 1.50. The smallest absolute Gasteiger partial charge is 0.257 e. The summed E-state index contributed by atoms with van der Waals surface area (Å²) in [5.74, 6) is 0.316. The van der Waals surface area contributed by atoms with E-state index in [1.54, 1.807) is 12.1 Å². The summed E-state index contributed by atoms with van der Waals surface area (Å²) in [5, 5.41) is 5.94. The highest BCUT2D eigenvalue weighted by molar-refractivity contribution is 7.80. The number of carbonyl (C=O) groups is 1. The fourth-order valence-corrected chi connectivity index (χ4v) is 3.48. The van der Waals surface area contributed by atoms with Gasteiger partial charge in [-0.05, 0) is 75.5 Å². The van der Waals surface area contributed by atoms with Crippen molar-refractivity contribution in [1.82, 2.24) is 10.3 Å². The molecule has 0 aliphatic heterocycles. The van der Waals surface area contributed by atoms with Crippen molar-refractivity contribution in [2.45, 2.75) is 20.8 Å². The molecule has 3 aromatic carbocycles. The van der Waals surface area contributed by atoms with Crippen LogP contribution in [0.1, 0.15) is 27.0 Å². The third-order valence-electron chi connectivity index (χ3n) is 4.65. The van der Waals surface area contributed by atoms with Crippen molar-refractivity contribution in [2.75, 3.05) is 5.32 Å². The van der Waals surface area contributed by atoms with Gasteiger partial charge in [0.25, 0.3) is 5.91 Å². The molecule has 0 saturated carbocycles. The van der Waals surface area contributed by atoms with Crippen molar-refractivity contribution in [1.29, 1.82) is 0 Å². The van der Waals surface area contributed by atoms with Gasteiger partial charge in [-0.15, -0.1) is 0 Å². The third kappa shape index (κ3) is 4.39. The second-order valence-corrected chi connectivity index (χ2v) is 7.76. The molecule has 0 unspecified atom stereocenters. The number of oxazole rings is 1. The van der Waals surface area contributed by atoms with Crippen molar-refractivity contribution in [3.63, 3.8) is 0 Å². The topological polar surface area (TPSA) is 67.2 Å². The number of amides is 1. The number of aryl methyl sites for hydroxylation is 3. The second-order valence-electron chi connectivity index (χ2n) is 7.35. The highest BCUT2D eigenvalue weighted by atomic mass is 32.1. The Labute approximate surface area is 180 Å². The van der Waals surface area contributed by atoms with E-state index in [-0.39, 0.29) is 11.0 Å². The van der Waals surface area contributed by atoms with Crippen LogP contribution in [0.5, 0.6) is 0 Å². The third-order valence-corrected chi connectivity index (χ3v) is 4.86. The molecule has 4 rings (SSSR count). The molecular weight excluding hydrogens is 394 g/mol. The minimum atomic E-state index is -0.257. The number of benzene rings is 3. The van der Waals surface area contributed by atoms with Gasteiger partial charge in [0.15, 0.2) is 10.7 Å². The van der Waals surface area contributed by atoms with Gasteiger partial charge >= 0.3 is 0 Å². The van der Waals surface area contributed by atoms with Crippen molar-refractivity contribution >= 4 is 40.0 Å². The van der Waals surface area contributed by atoms with E-state index in [1.165, 1.54) is 0 Å². The monoisotopic (exact) mass is 415 g/mol. The minimum absolute atomic E-state index is 0.220. The molecular formula is C24H21N3O2S. The maximum Gasteiger partial charge on any atom is 0.257 e. The first-order valence-corrected chi connectivity index (χ1v) is 9.96. The summed E-state index contributed by atoms with van der Waals surface area (Å²) in [6.45, 7) is 6.07. The van der Waals surface area contributed by atoms with Crippen LogP contribution in [0.2, 0.25) is 0 Å². The van der Waals surface area contributed by atoms with E-state index < -0.39 is 0 Å². The Morgan fingerprint density at radius 1 is 0.900 bits per heavy atom. The number of anilines is 1. The van der Waals surface area contributed by atoms with E-state index in [0.717, 1.165) is 27.9 Å². The summed E-state index contributed by atoms with van der Waals surface area (Å²) in [6, 6.07) is 19.0. The largest absolute Gasteiger partial charge is 0.436 e. The van der Waals surface area contributed by atoms with Gasteiger partial charge in [-0.2, -0.15) is 0 Å². The number of carbonyl (C=O) groups excluding carboxylic acids is 1. The summed E-state index contributed by atoms with van der Waals surface area (Å²) in [6.07, 6.45) is 0. The molecule has 5 nitrogen and oxygen atoms in total. The lowest BCUT2D eigenvalue weighted by molar-refractivity contribution is 0.0977. The molecule has 0 spiro atoms. The molecule has 150 valence electrons. The number of nitrogens with one attached hydrogen (secondary N) is 2. The van der Waals surface area contributed by atoms with E-state index in [4.69, 9.17) is 16.6 Å². The summed E-state index contributed by atoms with van der Waals surface area (Å²) in [7, 11) is 0. The standard InChI is InChI=1S/C24H21N3O2S/c1-14-4-6-17(7-5-14)22(28)27-24(30)25-19-8-9-21-20(13-19)26-23(29-21)18-11-15(2)10-16(3)12-18/h4-13H,1-3H3,(H2,25,27,28,30). The van der Waals surface area contributed by atoms with Crippen LogP contribution < -0.4 is 10.6 Å². The Kier molecular flexibility index (Phi) is 5.33. The van der Waals surface area contributed by atoms with Gasteiger partial charge in [0, 0.05) is 16.8 Å². The number of aromatic nitrogens is 1. The van der Waals surface area contributed by atoms with Crippen LogP contribution in [0.15, 0.2) is 65.1 Å². The molecule has 30 heavy (non-hydrogen) atoms. The van der Waals surface area contributed by atoms with E-state index in [0.29, 0.717) is 22.6 Å². The second kappa shape index (κ2) is 8.08. The van der Waals surface area contributed by atoms with Gasteiger partial charge in [-0.25, -0.2) is 4.98 Å². The van der Waals surface area contributed by atoms with Crippen LogP contribution in [0.4, 0.5) is 5.69 Å². The van der Waals surface area contributed by atoms with Crippen molar-refractivity contribution < 1.29 is 9.21 Å². The maximum absolute atomic E-state index is 12.3. The SMILES string of the molecule is Cc1ccc(C(=O)NC(=S)Nc2ccc3oc(-c4cc(C)cc(C)c4)nc3c2)cc1. The van der Waals surface area contributed by atoms with Crippen molar-refractivity contribution in [3.8, 4) is 11.5 Å². The highest BCUT2D eigenvalue weighted by Gasteiger charge is 2.11. The molecule has 0 radical (unpaired) electrons. The Hall–Kier alpha value is -3.51. The zero-order valence-corrected chi connectivity index (χ0v) is 17.8. The fraction of sp³-hybridized carbons (Fsp3) is 0.125. The van der Waals surface area contributed by atoms with E-state index in [2.05, 4.69) is 21.7 Å². The first-order chi connectivity index (χ1) is 14.4. The summed E-state index contributed by atoms with van der Waals surface area (Å²) >= 11 is 5.28. The number of rotatable bonds is 3. The van der Waals surface area contributed by atoms with E-state index in [9.17, 15) is 4.79 Å². The molecule has 0 aliphatic rings. The fourth-order valence-electron chi connectivity index (χ4n) is 3.27. The average molecular weight is 416 g/mol. The molecule has 4 aromatic rings. The van der Waals surface area contributed by atoms with Crippen LogP contribution in [-0.4, -0.2) is 16.0 Å². The van der Waals surface area contributed by atoms with Crippen LogP contribution in [0.3, 0.4) is 0 Å². The van der Waals surface area contributed by atoms with E-state index in [1.807, 2.05) is 63.2 Å². The van der Waals surface area contributed by atoms with Crippen LogP contribution in [-0.2, 0) is 0 Å². The zero-order chi connectivity index (χ0) is 21.3. The Morgan fingerprint density at radius 3 is 2.30 bits per heavy atom. The Morgan fingerprint density at radius 2 is 1.60 bits per heavy atom. The number of thiocarbonyl (C=S) groups is 1. The lowest BCUT2D eigenvalue weighted by Gasteiger charge is -2.09. The molecule has 0 aliphatic carbocycles. The first-order valence-electron chi connectivity index (χ1n) is 9.56. The number of nitrogens with zero attached hydrogens (tertiary/aromatic N) is 1. The number of fused-ring (bicyclic) bond motifs is 1. The molecule has 0 atom stereocenters. The molecule has 1 aromatic heterocycles. The molecule has 0 saturated heterocycles. The molecule has 6 heteroatoms. The van der Waals surface area contributed by atoms with Crippen molar-refractivity contribution in [2.24, 2.45) is 0 Å². The molecule has 1 heterocycles. The predicted molar refractivity (Wildman–Crippen MR) is 124 cm³/mol. The van der Waals surface area contributed by atoms with Gasteiger partial charge in [0.05, 0.1) is 0 Å². The van der Waals surface area contributed by atoms with Gasteiger partial charge in [-0.3, -0.25) is 10.1 Å².